The molecule has 7 heteroatoms. The topological polar surface area (TPSA) is 111 Å². The van der Waals surface area contributed by atoms with Gasteiger partial charge < -0.3 is 20.1 Å². The van der Waals surface area contributed by atoms with Crippen molar-refractivity contribution in [3.63, 3.8) is 0 Å². The highest BCUT2D eigenvalue weighted by Gasteiger charge is 2.16. The Morgan fingerprint density at radius 1 is 1.21 bits per heavy atom. The normalized spacial score (nSPS) is 11.1. The molecule has 1 rings (SSSR count). The van der Waals surface area contributed by atoms with Crippen molar-refractivity contribution in [3.05, 3.63) is 17.7 Å². The van der Waals surface area contributed by atoms with E-state index in [4.69, 9.17) is 9.84 Å². The molecule has 0 saturated carbocycles. The molecule has 0 aliphatic carbocycles. The van der Waals surface area contributed by atoms with Crippen LogP contribution in [0.3, 0.4) is 0 Å². The molecule has 1 aromatic carbocycles. The van der Waals surface area contributed by atoms with Gasteiger partial charge in [0.15, 0.2) is 11.5 Å². The molecule has 0 saturated heterocycles. The molecule has 0 atom stereocenters. The minimum absolute atomic E-state index is 0.0545. The van der Waals surface area contributed by atoms with E-state index in [9.17, 15) is 15.0 Å². The molecule has 0 aromatic heterocycles. The van der Waals surface area contributed by atoms with Gasteiger partial charge in [0.05, 0.1) is 0 Å². The number of carbonyl (C=O) groups is 1. The van der Waals surface area contributed by atoms with Crippen molar-refractivity contribution in [1.82, 2.24) is 10.9 Å². The molecular formula is C12H18N2O5. The Hall–Kier alpha value is -2.15. The summed E-state index contributed by atoms with van der Waals surface area (Å²) in [5.41, 5.74) is 4.52. The fourth-order valence-corrected chi connectivity index (χ4v) is 1.27. The lowest BCUT2D eigenvalue weighted by Gasteiger charge is -2.19. The van der Waals surface area contributed by atoms with Crippen LogP contribution in [0.4, 0.5) is 4.79 Å². The van der Waals surface area contributed by atoms with E-state index in [0.29, 0.717) is 5.56 Å². The van der Waals surface area contributed by atoms with Crippen LogP contribution in [0.1, 0.15) is 26.3 Å². The highest BCUT2D eigenvalue weighted by atomic mass is 16.6. The zero-order valence-electron chi connectivity index (χ0n) is 11.0. The largest absolute Gasteiger partial charge is 0.504 e. The monoisotopic (exact) mass is 270 g/mol. The third-order valence-electron chi connectivity index (χ3n) is 2.08. The number of aromatic hydroxyl groups is 3. The molecule has 0 aliphatic rings. The van der Waals surface area contributed by atoms with Gasteiger partial charge in [0.2, 0.25) is 5.75 Å². The molecule has 19 heavy (non-hydrogen) atoms. The second-order valence-corrected chi connectivity index (χ2v) is 4.92. The molecular weight excluding hydrogens is 252 g/mol. The first-order chi connectivity index (χ1) is 8.70. The van der Waals surface area contributed by atoms with Crippen LogP contribution in [0.5, 0.6) is 17.2 Å². The summed E-state index contributed by atoms with van der Waals surface area (Å²) >= 11 is 0. The Morgan fingerprint density at radius 2 is 1.84 bits per heavy atom. The Kier molecular flexibility index (Phi) is 4.44. The summed E-state index contributed by atoms with van der Waals surface area (Å²) in [5, 5.41) is 28.0. The predicted molar refractivity (Wildman–Crippen MR) is 67.6 cm³/mol. The van der Waals surface area contributed by atoms with E-state index in [1.165, 1.54) is 12.1 Å². The number of phenols is 3. The summed E-state index contributed by atoms with van der Waals surface area (Å²) in [6.45, 7) is 5.25. The number of carbonyl (C=O) groups excluding carboxylic acids is 1. The fourth-order valence-electron chi connectivity index (χ4n) is 1.27. The molecule has 0 spiro atoms. The number of nitrogens with one attached hydrogen (secondary N) is 2. The van der Waals surface area contributed by atoms with Crippen LogP contribution in [0.2, 0.25) is 0 Å². The molecule has 0 unspecified atom stereocenters. The Labute approximate surface area is 110 Å². The van der Waals surface area contributed by atoms with Crippen LogP contribution >= 0.6 is 0 Å². The Bertz CT molecular complexity index is 468. The first kappa shape index (κ1) is 14.9. The Morgan fingerprint density at radius 3 is 2.42 bits per heavy atom. The Balaban J connectivity index is 2.50. The molecule has 0 bridgehead atoms. The second kappa shape index (κ2) is 5.66. The molecule has 0 heterocycles. The zero-order chi connectivity index (χ0) is 14.6. The predicted octanol–water partition coefficient (Wildman–Crippen LogP) is 1.33. The van der Waals surface area contributed by atoms with Crippen molar-refractivity contribution in [1.29, 1.82) is 0 Å². The van der Waals surface area contributed by atoms with Gasteiger partial charge >= 0.3 is 6.09 Å². The van der Waals surface area contributed by atoms with Gasteiger partial charge in [-0.2, -0.15) is 0 Å². The standard InChI is InChI=1S/C12H18N2O5/c1-12(2,3)19-11(18)14-13-6-7-4-5-8(15)10(17)9(7)16/h4-5,13,15-17H,6H2,1-3H3,(H,14,18). The number of hydrogen-bond acceptors (Lipinski definition) is 6. The number of hydrazine groups is 1. The van der Waals surface area contributed by atoms with Gasteiger partial charge in [0.25, 0.3) is 0 Å². The van der Waals surface area contributed by atoms with Crippen molar-refractivity contribution in [2.75, 3.05) is 0 Å². The van der Waals surface area contributed by atoms with Gasteiger partial charge in [-0.3, -0.25) is 5.43 Å². The highest BCUT2D eigenvalue weighted by molar-refractivity contribution is 5.67. The maximum atomic E-state index is 11.3. The van der Waals surface area contributed by atoms with Gasteiger partial charge in [-0.05, 0) is 26.8 Å². The number of ether oxygens (including phenoxy) is 1. The summed E-state index contributed by atoms with van der Waals surface area (Å²) < 4.78 is 4.98. The summed E-state index contributed by atoms with van der Waals surface area (Å²) in [7, 11) is 0. The third kappa shape index (κ3) is 4.55. The van der Waals surface area contributed by atoms with Crippen molar-refractivity contribution in [2.24, 2.45) is 0 Å². The van der Waals surface area contributed by atoms with Crippen LogP contribution in [0.15, 0.2) is 12.1 Å². The van der Waals surface area contributed by atoms with E-state index in [2.05, 4.69) is 10.9 Å². The number of benzene rings is 1. The van der Waals surface area contributed by atoms with E-state index >= 15 is 0 Å². The molecule has 0 radical (unpaired) electrons. The maximum absolute atomic E-state index is 11.3. The minimum atomic E-state index is -0.657. The lowest BCUT2D eigenvalue weighted by molar-refractivity contribution is 0.0496. The molecule has 0 fully saturated rings. The summed E-state index contributed by atoms with van der Waals surface area (Å²) in [6.07, 6.45) is -0.657. The fraction of sp³-hybridized carbons (Fsp3) is 0.417. The molecule has 7 nitrogen and oxygen atoms in total. The smallest absolute Gasteiger partial charge is 0.422 e. The van der Waals surface area contributed by atoms with Crippen molar-refractivity contribution in [3.8, 4) is 17.2 Å². The second-order valence-electron chi connectivity index (χ2n) is 4.92. The van der Waals surface area contributed by atoms with Crippen molar-refractivity contribution < 1.29 is 24.9 Å². The molecule has 0 aliphatic heterocycles. The van der Waals surface area contributed by atoms with Crippen molar-refractivity contribution in [2.45, 2.75) is 32.9 Å². The van der Waals surface area contributed by atoms with Gasteiger partial charge in [-0.25, -0.2) is 10.2 Å². The molecule has 106 valence electrons. The average Bonchev–Trinajstić information content (AvgIpc) is 2.27. The zero-order valence-corrected chi connectivity index (χ0v) is 11.0. The van der Waals surface area contributed by atoms with E-state index in [1.807, 2.05) is 0 Å². The number of phenolic OH excluding ortho intramolecular Hbond substituents is 3. The third-order valence-corrected chi connectivity index (χ3v) is 2.08. The van der Waals surface area contributed by atoms with E-state index < -0.39 is 28.9 Å². The number of hydrogen-bond donors (Lipinski definition) is 5. The number of rotatable bonds is 3. The van der Waals surface area contributed by atoms with E-state index in [1.54, 1.807) is 20.8 Å². The van der Waals surface area contributed by atoms with Gasteiger partial charge in [0.1, 0.15) is 5.60 Å². The average molecular weight is 270 g/mol. The van der Waals surface area contributed by atoms with E-state index in [-0.39, 0.29) is 6.54 Å². The maximum Gasteiger partial charge on any atom is 0.422 e. The highest BCUT2D eigenvalue weighted by Crippen LogP contribution is 2.36. The number of amides is 1. The SMILES string of the molecule is CC(C)(C)OC(=O)NNCc1ccc(O)c(O)c1O. The van der Waals surface area contributed by atoms with Gasteiger partial charge in [0, 0.05) is 12.1 Å². The van der Waals surface area contributed by atoms with Crippen molar-refractivity contribution >= 4 is 6.09 Å². The van der Waals surface area contributed by atoms with Crippen LogP contribution in [-0.4, -0.2) is 27.0 Å². The van der Waals surface area contributed by atoms with Crippen LogP contribution < -0.4 is 10.9 Å². The van der Waals surface area contributed by atoms with E-state index in [0.717, 1.165) is 0 Å². The summed E-state index contributed by atoms with van der Waals surface area (Å²) in [4.78, 5) is 11.3. The minimum Gasteiger partial charge on any atom is -0.504 e. The molecule has 1 amide bonds. The van der Waals surface area contributed by atoms with Gasteiger partial charge in [-0.15, -0.1) is 0 Å². The summed E-state index contributed by atoms with van der Waals surface area (Å²) in [5.74, 6) is -1.46. The first-order valence-electron chi connectivity index (χ1n) is 5.65. The quantitative estimate of drug-likeness (QED) is 0.418. The van der Waals surface area contributed by atoms with Crippen LogP contribution in [0.25, 0.3) is 0 Å². The lowest BCUT2D eigenvalue weighted by atomic mass is 10.2. The molecule has 5 N–H and O–H groups in total. The van der Waals surface area contributed by atoms with Gasteiger partial charge in [-0.1, -0.05) is 6.07 Å². The summed E-state index contributed by atoms with van der Waals surface area (Å²) in [6, 6.07) is 2.65. The van der Waals surface area contributed by atoms with Crippen LogP contribution in [-0.2, 0) is 11.3 Å². The first-order valence-corrected chi connectivity index (χ1v) is 5.65. The molecule has 1 aromatic rings. The van der Waals surface area contributed by atoms with Crippen LogP contribution in [0, 0.1) is 0 Å². The lowest BCUT2D eigenvalue weighted by Crippen LogP contribution is -2.40.